The van der Waals surface area contributed by atoms with Crippen LogP contribution < -0.4 is 0 Å². The van der Waals surface area contributed by atoms with Crippen LogP contribution in [-0.2, 0) is 11.2 Å². The summed E-state index contributed by atoms with van der Waals surface area (Å²) in [7, 11) is 0. The fraction of sp³-hybridized carbons (Fsp3) is 0.0526. The van der Waals surface area contributed by atoms with E-state index >= 15 is 0 Å². The molecule has 24 heavy (non-hydrogen) atoms. The Morgan fingerprint density at radius 3 is 2.00 bits per heavy atom. The standard InChI is InChI=1S/C19H13F2NO2/c20-15-5-1-13(2-6-15)17-9-12(10-18(23)24)11-22-19(17)14-3-7-16(21)8-4-14/h1-9,11H,10H2,(H,23,24). The third kappa shape index (κ3) is 3.46. The molecule has 0 bridgehead atoms. The second-order valence-corrected chi connectivity index (χ2v) is 5.32. The van der Waals surface area contributed by atoms with E-state index in [0.29, 0.717) is 27.9 Å². The molecule has 0 aliphatic heterocycles. The predicted molar refractivity (Wildman–Crippen MR) is 86.4 cm³/mol. The summed E-state index contributed by atoms with van der Waals surface area (Å²) >= 11 is 0. The van der Waals surface area contributed by atoms with Gasteiger partial charge in [-0.1, -0.05) is 12.1 Å². The van der Waals surface area contributed by atoms with Gasteiger partial charge in [0.15, 0.2) is 0 Å². The molecule has 0 aliphatic carbocycles. The Hall–Kier alpha value is -3.08. The topological polar surface area (TPSA) is 50.2 Å². The second kappa shape index (κ2) is 6.58. The summed E-state index contributed by atoms with van der Waals surface area (Å²) < 4.78 is 26.3. The van der Waals surface area contributed by atoms with E-state index in [4.69, 9.17) is 5.11 Å². The van der Waals surface area contributed by atoms with Crippen LogP contribution in [0.25, 0.3) is 22.4 Å². The number of nitrogens with zero attached hydrogens (tertiary/aromatic N) is 1. The van der Waals surface area contributed by atoms with Crippen molar-refractivity contribution in [2.24, 2.45) is 0 Å². The molecule has 3 aromatic rings. The maximum absolute atomic E-state index is 13.2. The van der Waals surface area contributed by atoms with Gasteiger partial charge < -0.3 is 5.11 Å². The highest BCUT2D eigenvalue weighted by molar-refractivity contribution is 5.82. The normalized spacial score (nSPS) is 10.6. The van der Waals surface area contributed by atoms with Crippen LogP contribution in [0, 0.1) is 11.6 Å². The Balaban J connectivity index is 2.15. The van der Waals surface area contributed by atoms with Gasteiger partial charge in [-0.25, -0.2) is 8.78 Å². The minimum Gasteiger partial charge on any atom is -0.481 e. The first kappa shape index (κ1) is 15.8. The van der Waals surface area contributed by atoms with Gasteiger partial charge in [-0.05, 0) is 53.6 Å². The molecule has 3 rings (SSSR count). The first-order valence-corrected chi connectivity index (χ1v) is 7.25. The van der Waals surface area contributed by atoms with Crippen LogP contribution in [-0.4, -0.2) is 16.1 Å². The highest BCUT2D eigenvalue weighted by Gasteiger charge is 2.12. The molecule has 0 radical (unpaired) electrons. The molecule has 1 heterocycles. The zero-order valence-corrected chi connectivity index (χ0v) is 12.5. The summed E-state index contributed by atoms with van der Waals surface area (Å²) in [6.45, 7) is 0. The monoisotopic (exact) mass is 325 g/mol. The lowest BCUT2D eigenvalue weighted by molar-refractivity contribution is -0.136. The number of aliphatic carboxylic acids is 1. The Labute approximate surface area is 137 Å². The van der Waals surface area contributed by atoms with Crippen molar-refractivity contribution in [2.75, 3.05) is 0 Å². The van der Waals surface area contributed by atoms with Gasteiger partial charge >= 0.3 is 5.97 Å². The minimum atomic E-state index is -0.962. The summed E-state index contributed by atoms with van der Waals surface area (Å²) in [6.07, 6.45) is 1.32. The van der Waals surface area contributed by atoms with Crippen LogP contribution in [0.4, 0.5) is 8.78 Å². The molecule has 0 atom stereocenters. The van der Waals surface area contributed by atoms with E-state index in [2.05, 4.69) is 4.98 Å². The number of aromatic nitrogens is 1. The molecular weight excluding hydrogens is 312 g/mol. The van der Waals surface area contributed by atoms with Crippen molar-refractivity contribution in [1.82, 2.24) is 4.98 Å². The molecule has 1 N–H and O–H groups in total. The van der Waals surface area contributed by atoms with Gasteiger partial charge in [0.2, 0.25) is 0 Å². The number of carbonyl (C=O) groups is 1. The fourth-order valence-corrected chi connectivity index (χ4v) is 2.47. The number of carboxylic acids is 1. The Morgan fingerprint density at radius 1 is 0.917 bits per heavy atom. The molecule has 120 valence electrons. The van der Waals surface area contributed by atoms with Crippen molar-refractivity contribution in [2.45, 2.75) is 6.42 Å². The van der Waals surface area contributed by atoms with E-state index in [1.54, 1.807) is 30.3 Å². The van der Waals surface area contributed by atoms with Gasteiger partial charge in [0.05, 0.1) is 12.1 Å². The van der Waals surface area contributed by atoms with Crippen LogP contribution >= 0.6 is 0 Å². The van der Waals surface area contributed by atoms with E-state index in [9.17, 15) is 13.6 Å². The molecule has 0 unspecified atom stereocenters. The van der Waals surface area contributed by atoms with E-state index in [-0.39, 0.29) is 18.1 Å². The zero-order valence-electron chi connectivity index (χ0n) is 12.5. The third-order valence-corrected chi connectivity index (χ3v) is 3.57. The number of hydrogen-bond acceptors (Lipinski definition) is 2. The largest absolute Gasteiger partial charge is 0.481 e. The summed E-state index contributed by atoms with van der Waals surface area (Å²) in [5.41, 5.74) is 3.18. The van der Waals surface area contributed by atoms with Gasteiger partial charge in [-0.2, -0.15) is 0 Å². The quantitative estimate of drug-likeness (QED) is 0.777. The van der Waals surface area contributed by atoms with Crippen LogP contribution in [0.15, 0.2) is 60.8 Å². The van der Waals surface area contributed by atoms with Crippen molar-refractivity contribution >= 4 is 5.97 Å². The van der Waals surface area contributed by atoms with E-state index in [1.165, 1.54) is 30.5 Å². The van der Waals surface area contributed by atoms with Crippen LogP contribution in [0.5, 0.6) is 0 Å². The molecule has 3 nitrogen and oxygen atoms in total. The van der Waals surface area contributed by atoms with Gasteiger partial charge in [-0.15, -0.1) is 0 Å². The number of pyridine rings is 1. The van der Waals surface area contributed by atoms with E-state index in [0.717, 1.165) is 0 Å². The number of rotatable bonds is 4. The molecule has 0 spiro atoms. The van der Waals surface area contributed by atoms with Crippen molar-refractivity contribution in [3.63, 3.8) is 0 Å². The smallest absolute Gasteiger partial charge is 0.307 e. The first-order chi connectivity index (χ1) is 11.5. The summed E-state index contributed by atoms with van der Waals surface area (Å²) in [5, 5.41) is 8.96. The Morgan fingerprint density at radius 2 is 1.46 bits per heavy atom. The van der Waals surface area contributed by atoms with Crippen LogP contribution in [0.2, 0.25) is 0 Å². The summed E-state index contributed by atoms with van der Waals surface area (Å²) in [4.78, 5) is 15.3. The Kier molecular flexibility index (Phi) is 4.33. The lowest BCUT2D eigenvalue weighted by Gasteiger charge is -2.11. The predicted octanol–water partition coefficient (Wildman–Crippen LogP) is 4.32. The molecular formula is C19H13F2NO2. The summed E-state index contributed by atoms with van der Waals surface area (Å²) in [5.74, 6) is -1.68. The van der Waals surface area contributed by atoms with Gasteiger partial charge in [0.1, 0.15) is 11.6 Å². The molecule has 2 aromatic carbocycles. The lowest BCUT2D eigenvalue weighted by atomic mass is 9.97. The van der Waals surface area contributed by atoms with E-state index in [1.807, 2.05) is 0 Å². The maximum atomic E-state index is 13.2. The van der Waals surface area contributed by atoms with Gasteiger partial charge in [-0.3, -0.25) is 9.78 Å². The van der Waals surface area contributed by atoms with Crippen molar-refractivity contribution < 1.29 is 18.7 Å². The molecule has 0 fully saturated rings. The van der Waals surface area contributed by atoms with Crippen molar-refractivity contribution in [3.8, 4) is 22.4 Å². The van der Waals surface area contributed by atoms with Crippen LogP contribution in [0.1, 0.15) is 5.56 Å². The third-order valence-electron chi connectivity index (χ3n) is 3.57. The SMILES string of the molecule is O=C(O)Cc1cnc(-c2ccc(F)cc2)c(-c2ccc(F)cc2)c1. The number of benzene rings is 2. The second-order valence-electron chi connectivity index (χ2n) is 5.32. The molecule has 0 saturated heterocycles. The zero-order chi connectivity index (χ0) is 17.1. The first-order valence-electron chi connectivity index (χ1n) is 7.25. The van der Waals surface area contributed by atoms with Gasteiger partial charge in [0, 0.05) is 17.3 Å². The van der Waals surface area contributed by atoms with Gasteiger partial charge in [0.25, 0.3) is 0 Å². The highest BCUT2D eigenvalue weighted by Crippen LogP contribution is 2.31. The molecule has 0 aliphatic rings. The number of halogens is 2. The molecule has 1 aromatic heterocycles. The summed E-state index contributed by atoms with van der Waals surface area (Å²) in [6, 6.07) is 13.4. The number of carboxylic acid groups (broad SMARTS) is 1. The molecule has 0 saturated carbocycles. The maximum Gasteiger partial charge on any atom is 0.307 e. The average Bonchev–Trinajstić information content (AvgIpc) is 2.56. The molecule has 0 amide bonds. The van der Waals surface area contributed by atoms with Crippen LogP contribution in [0.3, 0.4) is 0 Å². The fourth-order valence-electron chi connectivity index (χ4n) is 2.47. The minimum absolute atomic E-state index is 0.162. The van der Waals surface area contributed by atoms with Crippen molar-refractivity contribution in [1.29, 1.82) is 0 Å². The highest BCUT2D eigenvalue weighted by atomic mass is 19.1. The average molecular weight is 325 g/mol. The lowest BCUT2D eigenvalue weighted by Crippen LogP contribution is -2.02. The number of hydrogen-bond donors (Lipinski definition) is 1. The molecule has 5 heteroatoms. The van der Waals surface area contributed by atoms with E-state index < -0.39 is 5.97 Å². The Bertz CT molecular complexity index is 875. The van der Waals surface area contributed by atoms with Crippen molar-refractivity contribution in [3.05, 3.63) is 78.0 Å².